The summed E-state index contributed by atoms with van der Waals surface area (Å²) in [6, 6.07) is 5.72. The summed E-state index contributed by atoms with van der Waals surface area (Å²) in [5, 5.41) is 12.1. The SMILES string of the molecule is COc1cc(-c2nnnn2C(C)C(C)(C)C)ccc1N. The molecular formula is C14H21N5O. The number of nitrogens with two attached hydrogens (primary N) is 1. The lowest BCUT2D eigenvalue weighted by Crippen LogP contribution is -2.23. The van der Waals surface area contributed by atoms with Crippen LogP contribution in [0.1, 0.15) is 33.7 Å². The van der Waals surface area contributed by atoms with E-state index in [-0.39, 0.29) is 11.5 Å². The van der Waals surface area contributed by atoms with Crippen molar-refractivity contribution in [2.75, 3.05) is 12.8 Å². The predicted octanol–water partition coefficient (Wildman–Crippen LogP) is 2.54. The van der Waals surface area contributed by atoms with Crippen LogP contribution in [-0.4, -0.2) is 27.3 Å². The average molecular weight is 275 g/mol. The van der Waals surface area contributed by atoms with Crippen LogP contribution in [0.3, 0.4) is 0 Å². The largest absolute Gasteiger partial charge is 0.495 e. The minimum absolute atomic E-state index is 0.0576. The van der Waals surface area contributed by atoms with Crippen LogP contribution in [0.2, 0.25) is 0 Å². The number of nitrogen functional groups attached to an aromatic ring is 1. The summed E-state index contributed by atoms with van der Waals surface area (Å²) in [4.78, 5) is 0. The smallest absolute Gasteiger partial charge is 0.182 e. The van der Waals surface area contributed by atoms with Crippen molar-refractivity contribution >= 4 is 5.69 Å². The van der Waals surface area contributed by atoms with Crippen LogP contribution in [0.4, 0.5) is 5.69 Å². The normalized spacial score (nSPS) is 13.2. The van der Waals surface area contributed by atoms with Crippen LogP contribution in [0.15, 0.2) is 18.2 Å². The van der Waals surface area contributed by atoms with E-state index in [9.17, 15) is 0 Å². The van der Waals surface area contributed by atoms with Gasteiger partial charge in [-0.25, -0.2) is 4.68 Å². The number of nitrogens with zero attached hydrogens (tertiary/aromatic N) is 4. The molecule has 0 aliphatic carbocycles. The summed E-state index contributed by atoms with van der Waals surface area (Å²) in [6.45, 7) is 8.58. The van der Waals surface area contributed by atoms with E-state index in [1.54, 1.807) is 13.2 Å². The molecule has 2 N–H and O–H groups in total. The maximum atomic E-state index is 5.84. The van der Waals surface area contributed by atoms with Crippen LogP contribution < -0.4 is 10.5 Å². The highest BCUT2D eigenvalue weighted by molar-refractivity contribution is 5.65. The number of anilines is 1. The van der Waals surface area contributed by atoms with Gasteiger partial charge in [0.1, 0.15) is 5.75 Å². The summed E-state index contributed by atoms with van der Waals surface area (Å²) >= 11 is 0. The van der Waals surface area contributed by atoms with Gasteiger partial charge in [0.25, 0.3) is 0 Å². The van der Waals surface area contributed by atoms with Crippen molar-refractivity contribution in [3.63, 3.8) is 0 Å². The number of hydrogen-bond donors (Lipinski definition) is 1. The van der Waals surface area contributed by atoms with Gasteiger partial charge in [0.05, 0.1) is 18.8 Å². The molecule has 0 radical (unpaired) electrons. The monoisotopic (exact) mass is 275 g/mol. The molecule has 1 unspecified atom stereocenters. The van der Waals surface area contributed by atoms with E-state index in [1.807, 2.05) is 16.8 Å². The molecule has 0 spiro atoms. The van der Waals surface area contributed by atoms with Crippen molar-refractivity contribution in [3.8, 4) is 17.1 Å². The van der Waals surface area contributed by atoms with Gasteiger partial charge in [-0.15, -0.1) is 5.10 Å². The molecular weight excluding hydrogens is 254 g/mol. The summed E-state index contributed by atoms with van der Waals surface area (Å²) in [6.07, 6.45) is 0. The van der Waals surface area contributed by atoms with E-state index in [0.29, 0.717) is 17.3 Å². The van der Waals surface area contributed by atoms with Gasteiger partial charge in [0.2, 0.25) is 0 Å². The standard InChI is InChI=1S/C14H21N5O/c1-9(14(2,3)4)19-13(16-17-18-19)10-6-7-11(15)12(8-10)20-5/h6-9H,15H2,1-5H3. The molecule has 1 atom stereocenters. The van der Waals surface area contributed by atoms with Gasteiger partial charge >= 0.3 is 0 Å². The molecule has 1 aromatic carbocycles. The first kappa shape index (κ1) is 14.3. The van der Waals surface area contributed by atoms with Crippen LogP contribution in [-0.2, 0) is 0 Å². The quantitative estimate of drug-likeness (QED) is 0.871. The highest BCUT2D eigenvalue weighted by Crippen LogP contribution is 2.33. The number of aromatic nitrogens is 4. The van der Waals surface area contributed by atoms with Crippen molar-refractivity contribution < 1.29 is 4.74 Å². The van der Waals surface area contributed by atoms with Crippen molar-refractivity contribution in [1.82, 2.24) is 20.2 Å². The molecule has 0 saturated heterocycles. The van der Waals surface area contributed by atoms with Crippen LogP contribution in [0.25, 0.3) is 11.4 Å². The predicted molar refractivity (Wildman–Crippen MR) is 78.4 cm³/mol. The van der Waals surface area contributed by atoms with Crippen molar-refractivity contribution in [3.05, 3.63) is 18.2 Å². The Balaban J connectivity index is 2.47. The Morgan fingerprint density at radius 2 is 2.00 bits per heavy atom. The molecule has 0 saturated carbocycles. The Hall–Kier alpha value is -2.11. The highest BCUT2D eigenvalue weighted by Gasteiger charge is 2.26. The molecule has 1 heterocycles. The Morgan fingerprint density at radius 1 is 1.30 bits per heavy atom. The number of benzene rings is 1. The maximum Gasteiger partial charge on any atom is 0.182 e. The number of ether oxygens (including phenoxy) is 1. The number of hydrogen-bond acceptors (Lipinski definition) is 5. The van der Waals surface area contributed by atoms with Crippen molar-refractivity contribution in [1.29, 1.82) is 0 Å². The van der Waals surface area contributed by atoms with Gasteiger partial charge in [-0.2, -0.15) is 0 Å². The first-order chi connectivity index (χ1) is 9.34. The van der Waals surface area contributed by atoms with Crippen molar-refractivity contribution in [2.45, 2.75) is 33.7 Å². The molecule has 20 heavy (non-hydrogen) atoms. The van der Waals surface area contributed by atoms with Crippen LogP contribution in [0, 0.1) is 5.41 Å². The molecule has 108 valence electrons. The zero-order valence-corrected chi connectivity index (χ0v) is 12.6. The van der Waals surface area contributed by atoms with E-state index >= 15 is 0 Å². The van der Waals surface area contributed by atoms with Crippen molar-refractivity contribution in [2.24, 2.45) is 5.41 Å². The fraction of sp³-hybridized carbons (Fsp3) is 0.500. The lowest BCUT2D eigenvalue weighted by Gasteiger charge is -2.27. The van der Waals surface area contributed by atoms with Gasteiger partial charge in [0.15, 0.2) is 5.82 Å². The first-order valence-corrected chi connectivity index (χ1v) is 6.56. The second-order valence-electron chi connectivity index (χ2n) is 5.95. The van der Waals surface area contributed by atoms with E-state index in [1.165, 1.54) is 0 Å². The summed E-state index contributed by atoms with van der Waals surface area (Å²) in [7, 11) is 1.59. The van der Waals surface area contributed by atoms with Gasteiger partial charge < -0.3 is 10.5 Å². The molecule has 1 aromatic heterocycles. The first-order valence-electron chi connectivity index (χ1n) is 6.56. The molecule has 2 aromatic rings. The Bertz CT molecular complexity index is 600. The number of methoxy groups -OCH3 is 1. The second-order valence-corrected chi connectivity index (χ2v) is 5.95. The number of rotatable bonds is 3. The fourth-order valence-corrected chi connectivity index (χ4v) is 1.86. The van der Waals surface area contributed by atoms with Gasteiger partial charge in [-0.1, -0.05) is 20.8 Å². The topological polar surface area (TPSA) is 78.9 Å². The third kappa shape index (κ3) is 2.59. The molecule has 0 amide bonds. The maximum absolute atomic E-state index is 5.84. The van der Waals surface area contributed by atoms with Crippen LogP contribution >= 0.6 is 0 Å². The van der Waals surface area contributed by atoms with E-state index in [0.717, 1.165) is 5.56 Å². The number of tetrazole rings is 1. The average Bonchev–Trinajstić information content (AvgIpc) is 2.86. The third-order valence-corrected chi connectivity index (χ3v) is 3.60. The Kier molecular flexibility index (Phi) is 3.65. The lowest BCUT2D eigenvalue weighted by atomic mass is 9.88. The minimum Gasteiger partial charge on any atom is -0.495 e. The molecule has 0 aliphatic heterocycles. The molecule has 0 fully saturated rings. The zero-order chi connectivity index (χ0) is 14.9. The van der Waals surface area contributed by atoms with E-state index in [4.69, 9.17) is 10.5 Å². The molecule has 2 rings (SSSR count). The van der Waals surface area contributed by atoms with Gasteiger partial charge in [0, 0.05) is 5.56 Å². The molecule has 0 bridgehead atoms. The zero-order valence-electron chi connectivity index (χ0n) is 12.6. The Morgan fingerprint density at radius 3 is 2.60 bits per heavy atom. The fourth-order valence-electron chi connectivity index (χ4n) is 1.86. The highest BCUT2D eigenvalue weighted by atomic mass is 16.5. The molecule has 0 aliphatic rings. The van der Waals surface area contributed by atoms with E-state index in [2.05, 4.69) is 43.2 Å². The molecule has 6 nitrogen and oxygen atoms in total. The second kappa shape index (κ2) is 5.11. The third-order valence-electron chi connectivity index (χ3n) is 3.60. The van der Waals surface area contributed by atoms with Crippen LogP contribution in [0.5, 0.6) is 5.75 Å². The van der Waals surface area contributed by atoms with Gasteiger partial charge in [-0.3, -0.25) is 0 Å². The summed E-state index contributed by atoms with van der Waals surface area (Å²) in [5.74, 6) is 1.34. The minimum atomic E-state index is 0.0576. The summed E-state index contributed by atoms with van der Waals surface area (Å²) < 4.78 is 7.09. The Labute approximate surface area is 118 Å². The summed E-state index contributed by atoms with van der Waals surface area (Å²) in [5.41, 5.74) is 7.38. The molecule has 6 heteroatoms. The lowest BCUT2D eigenvalue weighted by molar-refractivity contribution is 0.243. The van der Waals surface area contributed by atoms with Gasteiger partial charge in [-0.05, 0) is 41.0 Å². The van der Waals surface area contributed by atoms with E-state index < -0.39 is 0 Å².